The van der Waals surface area contributed by atoms with Crippen molar-refractivity contribution in [2.45, 2.75) is 26.1 Å². The lowest BCUT2D eigenvalue weighted by atomic mass is 9.28. The summed E-state index contributed by atoms with van der Waals surface area (Å²) in [6.45, 7) is -0.0112. The molecule has 36 heavy (non-hydrogen) atoms. The Morgan fingerprint density at radius 1 is 0.806 bits per heavy atom. The predicted octanol–water partition coefficient (Wildman–Crippen LogP) is 3.81. The maximum absolute atomic E-state index is 13.7. The topological polar surface area (TPSA) is 139 Å². The Kier molecular flexibility index (Phi) is 4.11. The van der Waals surface area contributed by atoms with Crippen LogP contribution in [0.3, 0.4) is 0 Å². The van der Waals surface area contributed by atoms with Crippen LogP contribution >= 0.6 is 0 Å². The summed E-state index contributed by atoms with van der Waals surface area (Å²) in [6.07, 6.45) is 1.62. The third kappa shape index (κ3) is 2.28. The van der Waals surface area contributed by atoms with Crippen molar-refractivity contribution in [2.75, 3.05) is 0 Å². The predicted molar refractivity (Wildman–Crippen MR) is 121 cm³/mol. The van der Waals surface area contributed by atoms with Crippen LogP contribution in [0.5, 0.6) is 0 Å². The highest BCUT2D eigenvalue weighted by Gasteiger charge is 3.00. The fourth-order valence-electron chi connectivity index (χ4n) is 9.11. The van der Waals surface area contributed by atoms with Crippen molar-refractivity contribution >= 4 is 23.3 Å². The SMILES string of the molecule is O=C(OCc1ccc([N+](=O)[O-])cc1)C12CC3C4C5CC3C1(C(=O)OCc1ccc([N+](=O)[O-])cc1)C5C42. The molecule has 8 rings (SSSR count). The standard InChI is InChI=1S/C26H22N2O8/c29-23(35-11-13-1-5-15(6-2-13)27(31)32)25-10-18-19-9-17-20(18)22(25)21(17)26(19,25)24(30)36-12-14-3-7-16(8-4-14)28(33)34/h1-8,17-22H,9-12H2. The van der Waals surface area contributed by atoms with Crippen molar-refractivity contribution in [3.8, 4) is 0 Å². The number of benzene rings is 2. The molecular weight excluding hydrogens is 468 g/mol. The van der Waals surface area contributed by atoms with Crippen LogP contribution in [0.25, 0.3) is 0 Å². The number of nitrogens with zero attached hydrogens (tertiary/aromatic N) is 2. The number of esters is 2. The summed E-state index contributed by atoms with van der Waals surface area (Å²) in [5.74, 6) is 1.10. The van der Waals surface area contributed by atoms with E-state index in [0.29, 0.717) is 35.3 Å². The summed E-state index contributed by atoms with van der Waals surface area (Å²) in [5, 5.41) is 21.8. The van der Waals surface area contributed by atoms with Crippen molar-refractivity contribution in [1.29, 1.82) is 0 Å². The maximum atomic E-state index is 13.7. The van der Waals surface area contributed by atoms with Gasteiger partial charge in [0.1, 0.15) is 13.2 Å². The number of hydrogen-bond donors (Lipinski definition) is 0. The lowest BCUT2D eigenvalue weighted by molar-refractivity contribution is -0.385. The summed E-state index contributed by atoms with van der Waals surface area (Å²) >= 11 is 0. The summed E-state index contributed by atoms with van der Waals surface area (Å²) in [7, 11) is 0. The van der Waals surface area contributed by atoms with Gasteiger partial charge < -0.3 is 9.47 Å². The van der Waals surface area contributed by atoms with Gasteiger partial charge in [-0.1, -0.05) is 0 Å². The first-order chi connectivity index (χ1) is 17.3. The zero-order valence-corrected chi connectivity index (χ0v) is 19.1. The third-order valence-corrected chi connectivity index (χ3v) is 10.0. The van der Waals surface area contributed by atoms with Gasteiger partial charge in [0.15, 0.2) is 0 Å². The summed E-state index contributed by atoms with van der Waals surface area (Å²) in [6, 6.07) is 11.8. The fourth-order valence-corrected chi connectivity index (χ4v) is 9.11. The smallest absolute Gasteiger partial charge is 0.314 e. The minimum Gasteiger partial charge on any atom is -0.460 e. The molecule has 10 heteroatoms. The van der Waals surface area contributed by atoms with Gasteiger partial charge in [0.05, 0.1) is 20.7 Å². The normalized spacial score (nSPS) is 37.2. The third-order valence-electron chi connectivity index (χ3n) is 10.0. The largest absolute Gasteiger partial charge is 0.460 e. The average molecular weight is 490 g/mol. The van der Waals surface area contributed by atoms with Crippen LogP contribution in [0, 0.1) is 66.6 Å². The second kappa shape index (κ2) is 6.89. The molecule has 0 amide bonds. The highest BCUT2D eigenvalue weighted by Crippen LogP contribution is 2.98. The highest BCUT2D eigenvalue weighted by molar-refractivity contribution is 5.96. The number of ether oxygens (including phenoxy) is 2. The molecule has 6 aliphatic rings. The van der Waals surface area contributed by atoms with Crippen LogP contribution in [0.4, 0.5) is 11.4 Å². The fraction of sp³-hybridized carbons (Fsp3) is 0.462. The molecule has 2 aromatic rings. The van der Waals surface area contributed by atoms with Crippen LogP contribution in [-0.2, 0) is 32.3 Å². The second-order valence-corrected chi connectivity index (χ2v) is 10.8. The number of hydrogen-bond acceptors (Lipinski definition) is 8. The molecule has 8 unspecified atom stereocenters. The molecule has 0 N–H and O–H groups in total. The van der Waals surface area contributed by atoms with E-state index in [-0.39, 0.29) is 54.3 Å². The number of nitro groups is 2. The zero-order valence-electron chi connectivity index (χ0n) is 19.1. The number of non-ortho nitro benzene ring substituents is 2. The molecule has 0 radical (unpaired) electrons. The van der Waals surface area contributed by atoms with Crippen molar-refractivity contribution in [3.63, 3.8) is 0 Å². The molecule has 2 aromatic carbocycles. The van der Waals surface area contributed by atoms with Crippen LogP contribution < -0.4 is 0 Å². The van der Waals surface area contributed by atoms with Crippen molar-refractivity contribution in [3.05, 3.63) is 79.9 Å². The van der Waals surface area contributed by atoms with Gasteiger partial charge in [0.25, 0.3) is 11.4 Å². The molecule has 0 heterocycles. The van der Waals surface area contributed by atoms with Crippen LogP contribution in [0.2, 0.25) is 0 Å². The Morgan fingerprint density at radius 2 is 1.33 bits per heavy atom. The van der Waals surface area contributed by atoms with Crippen molar-refractivity contribution < 1.29 is 28.9 Å². The van der Waals surface area contributed by atoms with Gasteiger partial charge in [-0.25, -0.2) is 0 Å². The van der Waals surface area contributed by atoms with Crippen molar-refractivity contribution in [1.82, 2.24) is 0 Å². The molecular formula is C26H22N2O8. The van der Waals surface area contributed by atoms with E-state index >= 15 is 0 Å². The van der Waals surface area contributed by atoms with Crippen LogP contribution in [0.1, 0.15) is 24.0 Å². The van der Waals surface area contributed by atoms with E-state index < -0.39 is 20.7 Å². The number of nitro benzene ring substituents is 2. The van der Waals surface area contributed by atoms with E-state index in [1.54, 1.807) is 24.3 Å². The molecule has 0 aromatic heterocycles. The van der Waals surface area contributed by atoms with Gasteiger partial charge in [0.2, 0.25) is 0 Å². The molecule has 6 fully saturated rings. The molecule has 8 atom stereocenters. The van der Waals surface area contributed by atoms with Gasteiger partial charge in [-0.05, 0) is 83.7 Å². The van der Waals surface area contributed by atoms with E-state index in [0.717, 1.165) is 6.42 Å². The zero-order chi connectivity index (χ0) is 25.0. The van der Waals surface area contributed by atoms with Gasteiger partial charge in [-0.15, -0.1) is 0 Å². The van der Waals surface area contributed by atoms with Crippen LogP contribution in [-0.4, -0.2) is 21.8 Å². The van der Waals surface area contributed by atoms with E-state index in [1.165, 1.54) is 24.3 Å². The van der Waals surface area contributed by atoms with Gasteiger partial charge in [-0.3, -0.25) is 29.8 Å². The van der Waals surface area contributed by atoms with Gasteiger partial charge in [-0.2, -0.15) is 0 Å². The minimum atomic E-state index is -0.849. The van der Waals surface area contributed by atoms with E-state index in [1.807, 2.05) is 0 Å². The van der Waals surface area contributed by atoms with Crippen molar-refractivity contribution in [2.24, 2.45) is 46.3 Å². The lowest BCUT2D eigenvalue weighted by Gasteiger charge is -2.72. The molecule has 6 saturated carbocycles. The number of rotatable bonds is 8. The minimum absolute atomic E-state index is 0.00459. The first-order valence-electron chi connectivity index (χ1n) is 12.1. The molecule has 184 valence electrons. The number of carbonyl (C=O) groups excluding carboxylic acids is 2. The van der Waals surface area contributed by atoms with Gasteiger partial charge in [0, 0.05) is 24.3 Å². The lowest BCUT2D eigenvalue weighted by Crippen LogP contribution is -2.78. The summed E-state index contributed by atoms with van der Waals surface area (Å²) in [4.78, 5) is 48.1. The average Bonchev–Trinajstić information content (AvgIpc) is 3.39. The van der Waals surface area contributed by atoms with E-state index in [9.17, 15) is 29.8 Å². The second-order valence-electron chi connectivity index (χ2n) is 10.8. The molecule has 4 bridgehead atoms. The Labute approximate surface area is 204 Å². The Balaban J connectivity index is 1.10. The summed E-state index contributed by atoms with van der Waals surface area (Å²) < 4.78 is 11.6. The summed E-state index contributed by atoms with van der Waals surface area (Å²) in [5.41, 5.74) is -0.454. The molecule has 0 spiro atoms. The highest BCUT2D eigenvalue weighted by atomic mass is 16.6. The Bertz CT molecular complexity index is 1340. The maximum Gasteiger partial charge on any atom is 0.314 e. The van der Waals surface area contributed by atoms with Gasteiger partial charge >= 0.3 is 11.9 Å². The monoisotopic (exact) mass is 490 g/mol. The van der Waals surface area contributed by atoms with E-state index in [2.05, 4.69) is 0 Å². The molecule has 10 nitrogen and oxygen atoms in total. The van der Waals surface area contributed by atoms with E-state index in [4.69, 9.17) is 9.47 Å². The van der Waals surface area contributed by atoms with Crippen LogP contribution in [0.15, 0.2) is 48.5 Å². The molecule has 6 aliphatic carbocycles. The molecule has 0 aliphatic heterocycles. The Morgan fingerprint density at radius 3 is 1.86 bits per heavy atom. The quantitative estimate of drug-likeness (QED) is 0.309. The number of carbonyl (C=O) groups is 2. The Hall–Kier alpha value is -3.82. The first kappa shape index (κ1) is 21.5. The molecule has 0 saturated heterocycles. The first-order valence-corrected chi connectivity index (χ1v) is 12.1.